The number of fused-ring (bicyclic) bond motifs is 9. The normalized spacial score (nSPS) is 13.3. The van der Waals surface area contributed by atoms with E-state index >= 15 is 0 Å². The van der Waals surface area contributed by atoms with Gasteiger partial charge in [0.2, 0.25) is 0 Å². The van der Waals surface area contributed by atoms with Crippen LogP contribution in [-0.2, 0) is 5.41 Å². The standard InChI is InChI=1S/C49H32N2/c1-3-15-33(16-4-1)49(43-23-11-7-19-37(43)38-20-8-12-24-44(38)49)34-27-29-47-41(31-34)39-21-9-14-26-46(39)51(47)36-28-30-48-42(32-36)40-22-10-13-25-45(40)50(48)35-17-5-2-6-18-35/h1-32H. The maximum atomic E-state index is 2.47. The Bertz CT molecular complexity index is 2920. The Hall–Kier alpha value is -6.64. The van der Waals surface area contributed by atoms with Gasteiger partial charge in [0.1, 0.15) is 0 Å². The van der Waals surface area contributed by atoms with E-state index in [-0.39, 0.29) is 0 Å². The molecule has 0 spiro atoms. The molecule has 0 saturated carbocycles. The molecule has 2 nitrogen and oxygen atoms in total. The predicted molar refractivity (Wildman–Crippen MR) is 212 cm³/mol. The summed E-state index contributed by atoms with van der Waals surface area (Å²) in [6, 6.07) is 71.5. The molecule has 0 bridgehead atoms. The molecule has 11 rings (SSSR count). The van der Waals surface area contributed by atoms with Crippen LogP contribution in [0.1, 0.15) is 22.3 Å². The quantitative estimate of drug-likeness (QED) is 0.180. The van der Waals surface area contributed by atoms with Crippen LogP contribution in [0.2, 0.25) is 0 Å². The molecule has 0 aliphatic heterocycles. The summed E-state index contributed by atoms with van der Waals surface area (Å²) in [5.41, 5.74) is 14.6. The molecule has 0 unspecified atom stereocenters. The highest BCUT2D eigenvalue weighted by molar-refractivity contribution is 6.12. The van der Waals surface area contributed by atoms with Gasteiger partial charge in [0.15, 0.2) is 0 Å². The molecule has 0 saturated heterocycles. The molecule has 8 aromatic carbocycles. The molecule has 238 valence electrons. The lowest BCUT2D eigenvalue weighted by Crippen LogP contribution is -2.28. The van der Waals surface area contributed by atoms with Crippen molar-refractivity contribution >= 4 is 43.6 Å². The van der Waals surface area contributed by atoms with Crippen molar-refractivity contribution in [1.82, 2.24) is 9.13 Å². The Morgan fingerprint density at radius 3 is 1.41 bits per heavy atom. The van der Waals surface area contributed by atoms with Crippen LogP contribution >= 0.6 is 0 Å². The minimum Gasteiger partial charge on any atom is -0.309 e. The van der Waals surface area contributed by atoms with E-state index in [2.05, 4.69) is 203 Å². The van der Waals surface area contributed by atoms with E-state index < -0.39 is 5.41 Å². The molecule has 2 heteroatoms. The smallest absolute Gasteiger partial charge is 0.0713 e. The summed E-state index contributed by atoms with van der Waals surface area (Å²) >= 11 is 0. The minimum atomic E-state index is -0.440. The van der Waals surface area contributed by atoms with Crippen LogP contribution in [-0.4, -0.2) is 9.13 Å². The van der Waals surface area contributed by atoms with Gasteiger partial charge in [-0.05, 0) is 88.0 Å². The number of hydrogen-bond donors (Lipinski definition) is 0. The molecule has 0 atom stereocenters. The molecule has 1 aliphatic carbocycles. The number of para-hydroxylation sites is 3. The maximum Gasteiger partial charge on any atom is 0.0713 e. The van der Waals surface area contributed by atoms with Crippen molar-refractivity contribution in [3.05, 3.63) is 216 Å². The first-order valence-electron chi connectivity index (χ1n) is 17.7. The molecule has 2 aromatic heterocycles. The van der Waals surface area contributed by atoms with Crippen LogP contribution in [0.3, 0.4) is 0 Å². The van der Waals surface area contributed by atoms with Crippen molar-refractivity contribution in [2.45, 2.75) is 5.41 Å². The van der Waals surface area contributed by atoms with E-state index in [1.165, 1.54) is 82.7 Å². The van der Waals surface area contributed by atoms with Gasteiger partial charge in [-0.25, -0.2) is 0 Å². The number of hydrogen-bond acceptors (Lipinski definition) is 0. The zero-order chi connectivity index (χ0) is 33.5. The average molecular weight is 649 g/mol. The van der Waals surface area contributed by atoms with E-state index in [0.717, 1.165) is 5.69 Å². The highest BCUT2D eigenvalue weighted by atomic mass is 15.0. The van der Waals surface area contributed by atoms with Gasteiger partial charge in [-0.15, -0.1) is 0 Å². The summed E-state index contributed by atoms with van der Waals surface area (Å²) in [6.45, 7) is 0. The van der Waals surface area contributed by atoms with Gasteiger partial charge in [0, 0.05) is 32.9 Å². The summed E-state index contributed by atoms with van der Waals surface area (Å²) in [6.07, 6.45) is 0. The van der Waals surface area contributed by atoms with Gasteiger partial charge >= 0.3 is 0 Å². The highest BCUT2D eigenvalue weighted by Crippen LogP contribution is 2.56. The van der Waals surface area contributed by atoms with Crippen molar-refractivity contribution < 1.29 is 0 Å². The monoisotopic (exact) mass is 648 g/mol. The third-order valence-electron chi connectivity index (χ3n) is 11.2. The van der Waals surface area contributed by atoms with Crippen LogP contribution in [0.5, 0.6) is 0 Å². The third kappa shape index (κ3) is 3.82. The van der Waals surface area contributed by atoms with Crippen LogP contribution < -0.4 is 0 Å². The molecule has 0 radical (unpaired) electrons. The van der Waals surface area contributed by atoms with Crippen molar-refractivity contribution in [1.29, 1.82) is 0 Å². The summed E-state index contributed by atoms with van der Waals surface area (Å²) in [7, 11) is 0. The van der Waals surface area contributed by atoms with E-state index in [0.29, 0.717) is 0 Å². The number of nitrogens with zero attached hydrogens (tertiary/aromatic N) is 2. The number of rotatable bonds is 4. The van der Waals surface area contributed by atoms with Crippen LogP contribution in [0.15, 0.2) is 194 Å². The summed E-state index contributed by atoms with van der Waals surface area (Å²) in [5, 5.41) is 5.01. The van der Waals surface area contributed by atoms with Crippen molar-refractivity contribution in [2.24, 2.45) is 0 Å². The third-order valence-corrected chi connectivity index (χ3v) is 11.2. The van der Waals surface area contributed by atoms with Crippen LogP contribution in [0.4, 0.5) is 0 Å². The van der Waals surface area contributed by atoms with Crippen LogP contribution in [0.25, 0.3) is 66.1 Å². The lowest BCUT2D eigenvalue weighted by molar-refractivity contribution is 0.770. The predicted octanol–water partition coefficient (Wildman–Crippen LogP) is 12.2. The SMILES string of the molecule is c1ccc(-n2c3ccccc3c3cc(-n4c5ccccc5c5cc(C6(c7ccccc7)c7ccccc7-c7ccccc76)ccc54)ccc32)cc1. The molecule has 10 aromatic rings. The van der Waals surface area contributed by atoms with E-state index in [9.17, 15) is 0 Å². The largest absolute Gasteiger partial charge is 0.309 e. The molecule has 0 N–H and O–H groups in total. The fraction of sp³-hybridized carbons (Fsp3) is 0.0204. The van der Waals surface area contributed by atoms with E-state index in [1.54, 1.807) is 0 Å². The first-order valence-corrected chi connectivity index (χ1v) is 17.7. The van der Waals surface area contributed by atoms with Gasteiger partial charge in [-0.2, -0.15) is 0 Å². The second-order valence-electron chi connectivity index (χ2n) is 13.7. The fourth-order valence-corrected chi connectivity index (χ4v) is 9.15. The topological polar surface area (TPSA) is 9.86 Å². The summed E-state index contributed by atoms with van der Waals surface area (Å²) in [5.74, 6) is 0. The lowest BCUT2D eigenvalue weighted by Gasteiger charge is -2.34. The first-order chi connectivity index (χ1) is 25.3. The van der Waals surface area contributed by atoms with Gasteiger partial charge < -0.3 is 9.13 Å². The lowest BCUT2D eigenvalue weighted by atomic mass is 9.67. The van der Waals surface area contributed by atoms with Crippen LogP contribution in [0, 0.1) is 0 Å². The van der Waals surface area contributed by atoms with E-state index in [1.807, 2.05) is 0 Å². The molecule has 51 heavy (non-hydrogen) atoms. The Balaban J connectivity index is 1.19. The summed E-state index contributed by atoms with van der Waals surface area (Å²) < 4.78 is 4.83. The molecule has 1 aliphatic rings. The van der Waals surface area contributed by atoms with Crippen molar-refractivity contribution in [3.8, 4) is 22.5 Å². The molecular formula is C49H32N2. The highest BCUT2D eigenvalue weighted by Gasteiger charge is 2.46. The zero-order valence-electron chi connectivity index (χ0n) is 27.9. The van der Waals surface area contributed by atoms with Gasteiger partial charge in [0.25, 0.3) is 0 Å². The van der Waals surface area contributed by atoms with Crippen molar-refractivity contribution in [3.63, 3.8) is 0 Å². The van der Waals surface area contributed by atoms with E-state index in [4.69, 9.17) is 0 Å². The Morgan fingerprint density at radius 2 is 0.765 bits per heavy atom. The maximum absolute atomic E-state index is 2.47. The Kier molecular flexibility index (Phi) is 5.91. The summed E-state index contributed by atoms with van der Waals surface area (Å²) in [4.78, 5) is 0. The molecule has 0 amide bonds. The second-order valence-corrected chi connectivity index (χ2v) is 13.7. The van der Waals surface area contributed by atoms with Gasteiger partial charge in [0.05, 0.1) is 27.5 Å². The molecular weight excluding hydrogens is 617 g/mol. The van der Waals surface area contributed by atoms with Gasteiger partial charge in [-0.3, -0.25) is 0 Å². The molecule has 0 fully saturated rings. The minimum absolute atomic E-state index is 0.440. The number of aromatic nitrogens is 2. The van der Waals surface area contributed by atoms with Crippen molar-refractivity contribution in [2.75, 3.05) is 0 Å². The average Bonchev–Trinajstić information content (AvgIpc) is 3.82. The second kappa shape index (κ2) is 10.7. The Morgan fingerprint density at radius 1 is 0.294 bits per heavy atom. The first kappa shape index (κ1) is 28.2. The molecule has 2 heterocycles. The number of benzene rings is 8. The van der Waals surface area contributed by atoms with Gasteiger partial charge in [-0.1, -0.05) is 140 Å². The zero-order valence-corrected chi connectivity index (χ0v) is 27.9. The fourth-order valence-electron chi connectivity index (χ4n) is 9.15. The Labute approximate surface area is 296 Å².